The summed E-state index contributed by atoms with van der Waals surface area (Å²) in [5.41, 5.74) is 1.72. The van der Waals surface area contributed by atoms with Gasteiger partial charge in [0.15, 0.2) is 0 Å². The Morgan fingerprint density at radius 2 is 1.32 bits per heavy atom. The predicted octanol–water partition coefficient (Wildman–Crippen LogP) is 6.21. The highest BCUT2D eigenvalue weighted by Crippen LogP contribution is 2.48. The number of ether oxygens (including phenoxy) is 4. The van der Waals surface area contributed by atoms with Gasteiger partial charge in [0.2, 0.25) is 0 Å². The Morgan fingerprint density at radius 3 is 1.77 bits per heavy atom. The summed E-state index contributed by atoms with van der Waals surface area (Å²) >= 11 is 0. The van der Waals surface area contributed by atoms with E-state index in [9.17, 15) is 9.90 Å². The van der Waals surface area contributed by atoms with E-state index in [0.29, 0.717) is 33.9 Å². The van der Waals surface area contributed by atoms with Gasteiger partial charge in [-0.3, -0.25) is 0 Å². The molecule has 6 heteroatoms. The van der Waals surface area contributed by atoms with E-state index in [0.717, 1.165) is 5.56 Å². The molecule has 2 aromatic carbocycles. The van der Waals surface area contributed by atoms with Gasteiger partial charge in [-0.1, -0.05) is 41.5 Å². The lowest BCUT2D eigenvalue weighted by atomic mass is 9.81. The van der Waals surface area contributed by atoms with Gasteiger partial charge in [-0.05, 0) is 42.0 Å². The Hall–Kier alpha value is -2.89. The second-order valence-corrected chi connectivity index (χ2v) is 9.41. The zero-order chi connectivity index (χ0) is 23.6. The van der Waals surface area contributed by atoms with E-state index in [2.05, 4.69) is 0 Å². The minimum atomic E-state index is -0.808. The number of phenolic OH excluding ortho intramolecular Hbond substituents is 1. The summed E-state index contributed by atoms with van der Waals surface area (Å²) in [6.07, 6.45) is -0.808. The third kappa shape index (κ3) is 5.43. The predicted molar refractivity (Wildman–Crippen MR) is 122 cm³/mol. The molecule has 0 unspecified atom stereocenters. The number of carbonyl (C=O) groups is 1. The number of hydrogen-bond acceptors (Lipinski definition) is 6. The molecule has 0 bridgehead atoms. The van der Waals surface area contributed by atoms with Crippen LogP contribution in [0.4, 0.5) is 4.79 Å². The highest BCUT2D eigenvalue weighted by Gasteiger charge is 2.29. The van der Waals surface area contributed by atoms with Crippen LogP contribution in [-0.4, -0.2) is 32.1 Å². The van der Waals surface area contributed by atoms with Crippen molar-refractivity contribution in [3.63, 3.8) is 0 Å². The lowest BCUT2D eigenvalue weighted by molar-refractivity contribution is 0.104. The first-order valence-electron chi connectivity index (χ1n) is 10.3. The minimum absolute atomic E-state index is 0.0927. The highest BCUT2D eigenvalue weighted by molar-refractivity contribution is 5.83. The van der Waals surface area contributed by atoms with Crippen molar-refractivity contribution in [1.82, 2.24) is 0 Å². The summed E-state index contributed by atoms with van der Waals surface area (Å²) in [7, 11) is 3.15. The molecule has 0 spiro atoms. The number of hydrogen-bond donors (Lipinski definition) is 1. The maximum atomic E-state index is 12.3. The molecule has 6 nitrogen and oxygen atoms in total. The number of rotatable bonds is 5. The summed E-state index contributed by atoms with van der Waals surface area (Å²) < 4.78 is 21.8. The topological polar surface area (TPSA) is 74.2 Å². The lowest BCUT2D eigenvalue weighted by Crippen LogP contribution is -2.18. The molecular formula is C25H34O6. The Balaban J connectivity index is 2.94. The van der Waals surface area contributed by atoms with Crippen LogP contribution in [0, 0.1) is 0 Å². The SMILES string of the molecule is CCOC(=O)Oc1c(-c2cc(OC)cc(C(C)(C)C)c2O)cc(OC)cc1C(C)(C)C. The second kappa shape index (κ2) is 9.08. The first-order valence-corrected chi connectivity index (χ1v) is 10.3. The summed E-state index contributed by atoms with van der Waals surface area (Å²) in [6, 6.07) is 7.12. The van der Waals surface area contributed by atoms with Crippen LogP contribution in [-0.2, 0) is 15.6 Å². The summed E-state index contributed by atoms with van der Waals surface area (Å²) in [6.45, 7) is 14.0. The van der Waals surface area contributed by atoms with Crippen molar-refractivity contribution < 1.29 is 28.8 Å². The molecule has 0 fully saturated rings. The minimum Gasteiger partial charge on any atom is -0.507 e. The molecule has 170 valence electrons. The fourth-order valence-electron chi connectivity index (χ4n) is 3.32. The third-order valence-electron chi connectivity index (χ3n) is 4.97. The van der Waals surface area contributed by atoms with Crippen LogP contribution in [0.3, 0.4) is 0 Å². The van der Waals surface area contributed by atoms with Crippen LogP contribution in [0.5, 0.6) is 23.0 Å². The number of phenols is 1. The van der Waals surface area contributed by atoms with Crippen LogP contribution in [0.25, 0.3) is 11.1 Å². The number of carbonyl (C=O) groups excluding carboxylic acids is 1. The molecule has 31 heavy (non-hydrogen) atoms. The van der Waals surface area contributed by atoms with E-state index in [1.807, 2.05) is 53.7 Å². The van der Waals surface area contributed by atoms with Crippen molar-refractivity contribution in [2.45, 2.75) is 59.3 Å². The van der Waals surface area contributed by atoms with Gasteiger partial charge >= 0.3 is 6.16 Å². The van der Waals surface area contributed by atoms with Crippen molar-refractivity contribution in [2.24, 2.45) is 0 Å². The van der Waals surface area contributed by atoms with Gasteiger partial charge in [-0.25, -0.2) is 4.79 Å². The molecule has 2 aromatic rings. The molecule has 0 heterocycles. The van der Waals surface area contributed by atoms with E-state index < -0.39 is 6.16 Å². The Kier molecular flexibility index (Phi) is 7.14. The van der Waals surface area contributed by atoms with Crippen molar-refractivity contribution in [2.75, 3.05) is 20.8 Å². The molecule has 0 aromatic heterocycles. The zero-order valence-electron chi connectivity index (χ0n) is 20.0. The van der Waals surface area contributed by atoms with Crippen molar-refractivity contribution in [3.05, 3.63) is 35.4 Å². The maximum absolute atomic E-state index is 12.3. The smallest absolute Gasteiger partial charge is 0.507 e. The summed E-state index contributed by atoms with van der Waals surface area (Å²) in [5, 5.41) is 11.2. The average molecular weight is 431 g/mol. The van der Waals surface area contributed by atoms with E-state index in [1.54, 1.807) is 33.3 Å². The molecule has 0 atom stereocenters. The van der Waals surface area contributed by atoms with Gasteiger partial charge in [0.05, 0.1) is 20.8 Å². The molecule has 0 saturated heterocycles. The van der Waals surface area contributed by atoms with Crippen LogP contribution in [0.2, 0.25) is 0 Å². The number of methoxy groups -OCH3 is 2. The van der Waals surface area contributed by atoms with Crippen molar-refractivity contribution in [3.8, 4) is 34.1 Å². The van der Waals surface area contributed by atoms with Gasteiger partial charge in [0.1, 0.15) is 23.0 Å². The van der Waals surface area contributed by atoms with Gasteiger partial charge in [-0.15, -0.1) is 0 Å². The van der Waals surface area contributed by atoms with Gasteiger partial charge in [0.25, 0.3) is 0 Å². The van der Waals surface area contributed by atoms with E-state index in [-0.39, 0.29) is 23.2 Å². The normalized spacial score (nSPS) is 11.8. The fourth-order valence-corrected chi connectivity index (χ4v) is 3.32. The first kappa shape index (κ1) is 24.4. The van der Waals surface area contributed by atoms with E-state index >= 15 is 0 Å². The fraction of sp³-hybridized carbons (Fsp3) is 0.480. The largest absolute Gasteiger partial charge is 0.513 e. The Labute approximate surface area is 185 Å². The molecule has 1 N–H and O–H groups in total. The number of aromatic hydroxyl groups is 1. The van der Waals surface area contributed by atoms with Crippen molar-refractivity contribution in [1.29, 1.82) is 0 Å². The average Bonchev–Trinajstić information content (AvgIpc) is 2.66. The summed E-state index contributed by atoms with van der Waals surface area (Å²) in [4.78, 5) is 12.3. The van der Waals surface area contributed by atoms with Crippen LogP contribution >= 0.6 is 0 Å². The number of benzene rings is 2. The molecule has 0 aliphatic carbocycles. The molecule has 0 amide bonds. The molecule has 2 rings (SSSR count). The van der Waals surface area contributed by atoms with E-state index in [4.69, 9.17) is 18.9 Å². The molecule has 0 saturated carbocycles. The van der Waals surface area contributed by atoms with Crippen molar-refractivity contribution >= 4 is 6.16 Å². The van der Waals surface area contributed by atoms with Crippen LogP contribution in [0.15, 0.2) is 24.3 Å². The van der Waals surface area contributed by atoms with E-state index in [1.165, 1.54) is 0 Å². The lowest BCUT2D eigenvalue weighted by Gasteiger charge is -2.27. The zero-order valence-corrected chi connectivity index (χ0v) is 20.0. The first-order chi connectivity index (χ1) is 14.3. The quantitative estimate of drug-likeness (QED) is 0.449. The van der Waals surface area contributed by atoms with Crippen LogP contribution in [0.1, 0.15) is 59.6 Å². The van der Waals surface area contributed by atoms with Gasteiger partial charge < -0.3 is 24.1 Å². The highest BCUT2D eigenvalue weighted by atomic mass is 16.7. The monoisotopic (exact) mass is 430 g/mol. The third-order valence-corrected chi connectivity index (χ3v) is 4.97. The molecular weight excluding hydrogens is 396 g/mol. The van der Waals surface area contributed by atoms with Gasteiger partial charge in [0, 0.05) is 22.3 Å². The Bertz CT molecular complexity index is 948. The molecule has 0 aliphatic heterocycles. The Morgan fingerprint density at radius 1 is 0.839 bits per heavy atom. The molecule has 0 aliphatic rings. The standard InChI is InChI=1S/C25H34O6/c1-10-30-23(27)31-22-18(12-16(29-9)14-20(22)25(5,6)7)17-11-15(28-8)13-19(21(17)26)24(2,3)4/h11-14,26H,10H2,1-9H3. The second-order valence-electron chi connectivity index (χ2n) is 9.41. The van der Waals surface area contributed by atoms with Gasteiger partial charge in [-0.2, -0.15) is 0 Å². The molecule has 0 radical (unpaired) electrons. The summed E-state index contributed by atoms with van der Waals surface area (Å²) in [5.74, 6) is 1.57. The van der Waals surface area contributed by atoms with Crippen LogP contribution < -0.4 is 14.2 Å². The maximum Gasteiger partial charge on any atom is 0.513 e.